The van der Waals surface area contributed by atoms with E-state index in [9.17, 15) is 9.59 Å². The van der Waals surface area contributed by atoms with Gasteiger partial charge < -0.3 is 9.64 Å². The van der Waals surface area contributed by atoms with Gasteiger partial charge in [0.25, 0.3) is 0 Å². The fourth-order valence-corrected chi connectivity index (χ4v) is 4.04. The van der Waals surface area contributed by atoms with Gasteiger partial charge in [0.2, 0.25) is 16.9 Å². The molecule has 1 unspecified atom stereocenters. The first-order chi connectivity index (χ1) is 13.1. The molecule has 1 aliphatic rings. The molecule has 0 radical (unpaired) electrons. The number of hydrogen-bond donors (Lipinski definition) is 0. The van der Waals surface area contributed by atoms with Crippen molar-refractivity contribution in [1.82, 2.24) is 15.1 Å². The first-order valence-corrected chi connectivity index (χ1v) is 9.88. The van der Waals surface area contributed by atoms with Gasteiger partial charge in [0.15, 0.2) is 0 Å². The molecule has 1 fully saturated rings. The third-order valence-electron chi connectivity index (χ3n) is 4.62. The second-order valence-corrected chi connectivity index (χ2v) is 7.50. The van der Waals surface area contributed by atoms with E-state index in [1.54, 1.807) is 16.9 Å². The maximum Gasteiger partial charge on any atom is 0.229 e. The molecule has 2 amide bonds. The molecule has 144 valence electrons. The van der Waals surface area contributed by atoms with Crippen LogP contribution >= 0.6 is 11.3 Å². The van der Waals surface area contributed by atoms with E-state index in [4.69, 9.17) is 4.74 Å². The molecule has 27 heavy (non-hydrogen) atoms. The van der Waals surface area contributed by atoms with Gasteiger partial charge in [0.1, 0.15) is 5.01 Å². The molecule has 0 N–H and O–H groups in total. The van der Waals surface area contributed by atoms with Crippen molar-refractivity contribution in [3.8, 4) is 0 Å². The van der Waals surface area contributed by atoms with Crippen molar-refractivity contribution in [3.63, 3.8) is 0 Å². The highest BCUT2D eigenvalue weighted by Crippen LogP contribution is 2.29. The molecule has 0 aliphatic carbocycles. The lowest BCUT2D eigenvalue weighted by molar-refractivity contribution is -0.136. The van der Waals surface area contributed by atoms with Gasteiger partial charge in [0, 0.05) is 39.6 Å². The van der Waals surface area contributed by atoms with Crippen LogP contribution in [-0.2, 0) is 20.7 Å². The number of carbonyl (C=O) groups excluding carboxylic acids is 2. The Morgan fingerprint density at radius 2 is 2.11 bits per heavy atom. The van der Waals surface area contributed by atoms with Gasteiger partial charge in [-0.15, -0.1) is 10.2 Å². The quantitative estimate of drug-likeness (QED) is 0.691. The summed E-state index contributed by atoms with van der Waals surface area (Å²) in [7, 11) is 1.61. The van der Waals surface area contributed by atoms with Gasteiger partial charge in [0.05, 0.1) is 12.5 Å². The second kappa shape index (κ2) is 9.05. The SMILES string of the molecule is CCN(CCOC)C(=O)C1CC(=O)N(c2nnc(Cc3ccccc3)s2)C1. The number of aromatic nitrogens is 2. The Kier molecular flexibility index (Phi) is 6.52. The molecule has 1 atom stereocenters. The number of ether oxygens (including phenoxy) is 1. The minimum atomic E-state index is -0.337. The maximum atomic E-state index is 12.7. The summed E-state index contributed by atoms with van der Waals surface area (Å²) in [5.41, 5.74) is 1.15. The average Bonchev–Trinajstić information content (AvgIpc) is 3.29. The number of likely N-dealkylation sites (N-methyl/N-ethyl adjacent to an activating group) is 1. The van der Waals surface area contributed by atoms with Gasteiger partial charge in [-0.3, -0.25) is 14.5 Å². The molecule has 0 spiro atoms. The summed E-state index contributed by atoms with van der Waals surface area (Å²) in [6.45, 7) is 3.93. The van der Waals surface area contributed by atoms with E-state index < -0.39 is 0 Å². The van der Waals surface area contributed by atoms with Crippen LogP contribution in [0.5, 0.6) is 0 Å². The Hall–Kier alpha value is -2.32. The second-order valence-electron chi connectivity index (χ2n) is 6.46. The maximum absolute atomic E-state index is 12.7. The van der Waals surface area contributed by atoms with E-state index in [0.717, 1.165) is 10.6 Å². The smallest absolute Gasteiger partial charge is 0.229 e. The van der Waals surface area contributed by atoms with Crippen molar-refractivity contribution in [3.05, 3.63) is 40.9 Å². The summed E-state index contributed by atoms with van der Waals surface area (Å²) < 4.78 is 5.06. The highest BCUT2D eigenvalue weighted by Gasteiger charge is 2.38. The minimum absolute atomic E-state index is 0.000533. The lowest BCUT2D eigenvalue weighted by atomic mass is 10.1. The molecule has 1 aliphatic heterocycles. The Labute approximate surface area is 163 Å². The molecule has 1 aromatic heterocycles. The van der Waals surface area contributed by atoms with E-state index in [0.29, 0.717) is 37.8 Å². The topological polar surface area (TPSA) is 75.6 Å². The summed E-state index contributed by atoms with van der Waals surface area (Å²) >= 11 is 1.41. The summed E-state index contributed by atoms with van der Waals surface area (Å²) in [6.07, 6.45) is 0.902. The van der Waals surface area contributed by atoms with E-state index >= 15 is 0 Å². The van der Waals surface area contributed by atoms with Crippen LogP contribution in [0.3, 0.4) is 0 Å². The van der Waals surface area contributed by atoms with Crippen molar-refractivity contribution in [2.45, 2.75) is 19.8 Å². The molecular weight excluding hydrogens is 364 g/mol. The van der Waals surface area contributed by atoms with Crippen LogP contribution in [0, 0.1) is 5.92 Å². The van der Waals surface area contributed by atoms with Gasteiger partial charge in [-0.1, -0.05) is 41.7 Å². The first-order valence-electron chi connectivity index (χ1n) is 9.06. The van der Waals surface area contributed by atoms with Crippen LogP contribution in [-0.4, -0.2) is 60.3 Å². The number of benzene rings is 1. The Bertz CT molecular complexity index is 780. The van der Waals surface area contributed by atoms with Crippen molar-refractivity contribution in [2.24, 2.45) is 5.92 Å². The number of hydrogen-bond acceptors (Lipinski definition) is 6. The van der Waals surface area contributed by atoms with Crippen LogP contribution in [0.15, 0.2) is 30.3 Å². The van der Waals surface area contributed by atoms with Crippen LogP contribution in [0.1, 0.15) is 23.9 Å². The van der Waals surface area contributed by atoms with Gasteiger partial charge in [-0.25, -0.2) is 0 Å². The number of anilines is 1. The van der Waals surface area contributed by atoms with Crippen molar-refractivity contribution >= 4 is 28.3 Å². The number of nitrogens with zero attached hydrogens (tertiary/aromatic N) is 4. The number of carbonyl (C=O) groups is 2. The summed E-state index contributed by atoms with van der Waals surface area (Å²) in [6, 6.07) is 10.0. The highest BCUT2D eigenvalue weighted by molar-refractivity contribution is 7.15. The van der Waals surface area contributed by atoms with Crippen LogP contribution in [0.2, 0.25) is 0 Å². The molecule has 2 aromatic rings. The van der Waals surface area contributed by atoms with Gasteiger partial charge >= 0.3 is 0 Å². The first kappa shape index (κ1) is 19.4. The molecular formula is C19H24N4O3S. The fraction of sp³-hybridized carbons (Fsp3) is 0.474. The van der Waals surface area contributed by atoms with E-state index in [1.165, 1.54) is 11.3 Å². The zero-order valence-electron chi connectivity index (χ0n) is 15.6. The zero-order valence-corrected chi connectivity index (χ0v) is 16.4. The monoisotopic (exact) mass is 388 g/mol. The molecule has 0 bridgehead atoms. The number of amides is 2. The normalized spacial score (nSPS) is 16.7. The molecule has 0 saturated carbocycles. The predicted molar refractivity (Wildman–Crippen MR) is 104 cm³/mol. The van der Waals surface area contributed by atoms with Crippen LogP contribution in [0.25, 0.3) is 0 Å². The lowest BCUT2D eigenvalue weighted by Crippen LogP contribution is -2.39. The lowest BCUT2D eigenvalue weighted by Gasteiger charge is -2.23. The summed E-state index contributed by atoms with van der Waals surface area (Å²) in [4.78, 5) is 28.5. The molecule has 1 aromatic carbocycles. The zero-order chi connectivity index (χ0) is 19.2. The third-order valence-corrected chi connectivity index (χ3v) is 5.56. The predicted octanol–water partition coefficient (Wildman–Crippen LogP) is 1.98. The Morgan fingerprint density at radius 3 is 2.81 bits per heavy atom. The minimum Gasteiger partial charge on any atom is -0.383 e. The summed E-state index contributed by atoms with van der Waals surface area (Å²) in [5.74, 6) is -0.409. The molecule has 1 saturated heterocycles. The van der Waals surface area contributed by atoms with E-state index in [2.05, 4.69) is 10.2 Å². The molecule has 3 rings (SSSR count). The molecule has 8 heteroatoms. The Balaban J connectivity index is 1.64. The van der Waals surface area contributed by atoms with Crippen LogP contribution < -0.4 is 4.90 Å². The number of methoxy groups -OCH3 is 1. The number of rotatable bonds is 8. The van der Waals surface area contributed by atoms with Gasteiger partial charge in [-0.2, -0.15) is 0 Å². The fourth-order valence-electron chi connectivity index (χ4n) is 3.14. The van der Waals surface area contributed by atoms with E-state index in [1.807, 2.05) is 37.3 Å². The highest BCUT2D eigenvalue weighted by atomic mass is 32.1. The standard InChI is InChI=1S/C19H24N4O3S/c1-3-22(9-10-26-2)18(25)15-12-17(24)23(13-15)19-21-20-16(27-19)11-14-7-5-4-6-8-14/h4-8,15H,3,9-13H2,1-2H3. The third kappa shape index (κ3) is 4.70. The Morgan fingerprint density at radius 1 is 1.33 bits per heavy atom. The molecule has 2 heterocycles. The summed E-state index contributed by atoms with van der Waals surface area (Å²) in [5, 5.41) is 9.82. The van der Waals surface area contributed by atoms with Crippen molar-refractivity contribution in [2.75, 3.05) is 38.3 Å². The van der Waals surface area contributed by atoms with Crippen molar-refractivity contribution < 1.29 is 14.3 Å². The van der Waals surface area contributed by atoms with E-state index in [-0.39, 0.29) is 24.2 Å². The van der Waals surface area contributed by atoms with Crippen LogP contribution in [0.4, 0.5) is 5.13 Å². The largest absolute Gasteiger partial charge is 0.383 e. The van der Waals surface area contributed by atoms with Gasteiger partial charge in [-0.05, 0) is 12.5 Å². The van der Waals surface area contributed by atoms with Crippen molar-refractivity contribution in [1.29, 1.82) is 0 Å². The molecule has 7 nitrogen and oxygen atoms in total. The average molecular weight is 388 g/mol.